The van der Waals surface area contributed by atoms with E-state index in [0.717, 1.165) is 18.4 Å². The summed E-state index contributed by atoms with van der Waals surface area (Å²) in [7, 11) is 0. The molecule has 0 spiro atoms. The van der Waals surface area contributed by atoms with Gasteiger partial charge in [0, 0.05) is 30.1 Å². The largest absolute Gasteiger partial charge is 0.489 e. The van der Waals surface area contributed by atoms with Gasteiger partial charge in [-0.3, -0.25) is 9.59 Å². The molecular formula is C24H29FN2O3. The van der Waals surface area contributed by atoms with E-state index >= 15 is 0 Å². The van der Waals surface area contributed by atoms with Crippen LogP contribution in [-0.2, 0) is 11.4 Å². The number of amides is 2. The molecule has 2 aromatic carbocycles. The van der Waals surface area contributed by atoms with E-state index in [1.807, 2.05) is 25.7 Å². The fourth-order valence-corrected chi connectivity index (χ4v) is 3.44. The van der Waals surface area contributed by atoms with Crippen LogP contribution in [0.25, 0.3) is 0 Å². The zero-order valence-corrected chi connectivity index (χ0v) is 17.8. The summed E-state index contributed by atoms with van der Waals surface area (Å²) in [6.07, 6.45) is 1.49. The van der Waals surface area contributed by atoms with Gasteiger partial charge in [-0.1, -0.05) is 39.0 Å². The van der Waals surface area contributed by atoms with Crippen LogP contribution in [0.3, 0.4) is 0 Å². The number of carbonyl (C=O) groups is 2. The Balaban J connectivity index is 1.52. The summed E-state index contributed by atoms with van der Waals surface area (Å²) < 4.78 is 18.7. The van der Waals surface area contributed by atoms with Gasteiger partial charge in [0.25, 0.3) is 5.91 Å². The highest BCUT2D eigenvalue weighted by atomic mass is 19.1. The molecular weight excluding hydrogens is 383 g/mol. The number of rotatable bonds is 5. The molecule has 0 aliphatic carbocycles. The first-order valence-corrected chi connectivity index (χ1v) is 10.3. The lowest BCUT2D eigenvalue weighted by atomic mass is 9.93. The minimum Gasteiger partial charge on any atom is -0.489 e. The van der Waals surface area contributed by atoms with Crippen molar-refractivity contribution in [3.8, 4) is 5.75 Å². The van der Waals surface area contributed by atoms with Gasteiger partial charge in [-0.2, -0.15) is 0 Å². The second-order valence-electron chi connectivity index (χ2n) is 8.73. The second kappa shape index (κ2) is 9.28. The van der Waals surface area contributed by atoms with Gasteiger partial charge in [0.2, 0.25) is 5.91 Å². The quantitative estimate of drug-likeness (QED) is 0.802. The second-order valence-corrected chi connectivity index (χ2v) is 8.73. The third-order valence-electron chi connectivity index (χ3n) is 5.17. The lowest BCUT2D eigenvalue weighted by molar-refractivity contribution is -0.140. The van der Waals surface area contributed by atoms with E-state index in [-0.39, 0.29) is 29.1 Å². The number of likely N-dealkylation sites (tertiary alicyclic amines) is 1. The molecule has 0 unspecified atom stereocenters. The fraction of sp³-hybridized carbons (Fsp3) is 0.417. The maximum Gasteiger partial charge on any atom is 0.251 e. The molecule has 1 N–H and O–H groups in total. The van der Waals surface area contributed by atoms with Gasteiger partial charge >= 0.3 is 0 Å². The van der Waals surface area contributed by atoms with Gasteiger partial charge in [-0.25, -0.2) is 4.39 Å². The average molecular weight is 413 g/mol. The van der Waals surface area contributed by atoms with E-state index in [9.17, 15) is 14.0 Å². The maximum atomic E-state index is 13.0. The third-order valence-corrected chi connectivity index (χ3v) is 5.17. The molecule has 0 radical (unpaired) electrons. The van der Waals surface area contributed by atoms with Crippen molar-refractivity contribution < 1.29 is 18.7 Å². The molecule has 1 aliphatic heterocycles. The highest BCUT2D eigenvalue weighted by Gasteiger charge is 2.30. The highest BCUT2D eigenvalue weighted by molar-refractivity contribution is 5.94. The van der Waals surface area contributed by atoms with Crippen LogP contribution in [0.15, 0.2) is 48.5 Å². The van der Waals surface area contributed by atoms with E-state index in [1.165, 1.54) is 12.1 Å². The van der Waals surface area contributed by atoms with Crippen LogP contribution in [-0.4, -0.2) is 35.8 Å². The van der Waals surface area contributed by atoms with Crippen molar-refractivity contribution in [3.63, 3.8) is 0 Å². The topological polar surface area (TPSA) is 58.6 Å². The number of piperidine rings is 1. The van der Waals surface area contributed by atoms with E-state index in [1.54, 1.807) is 36.4 Å². The molecule has 2 amide bonds. The number of ether oxygens (including phenoxy) is 1. The van der Waals surface area contributed by atoms with E-state index in [4.69, 9.17) is 4.74 Å². The standard InChI is InChI=1S/C24H29FN2O3/c1-24(2,3)23(29)27-13-11-20(12-14-27)26-22(28)18-5-4-6-21(15-18)30-16-17-7-9-19(25)10-8-17/h4-10,15,20H,11-14,16H2,1-3H3,(H,26,28). The minimum absolute atomic E-state index is 0.0466. The van der Waals surface area contributed by atoms with Gasteiger partial charge in [0.05, 0.1) is 0 Å². The van der Waals surface area contributed by atoms with Crippen LogP contribution in [0, 0.1) is 11.2 Å². The molecule has 1 aliphatic rings. The van der Waals surface area contributed by atoms with Crippen molar-refractivity contribution in [1.82, 2.24) is 10.2 Å². The Kier molecular flexibility index (Phi) is 6.75. The summed E-state index contributed by atoms with van der Waals surface area (Å²) in [6, 6.07) is 13.2. The zero-order chi connectivity index (χ0) is 21.7. The maximum absolute atomic E-state index is 13.0. The van der Waals surface area contributed by atoms with E-state index in [2.05, 4.69) is 5.32 Å². The number of hydrogen-bond donors (Lipinski definition) is 1. The van der Waals surface area contributed by atoms with Crippen molar-refractivity contribution >= 4 is 11.8 Å². The highest BCUT2D eigenvalue weighted by Crippen LogP contribution is 2.21. The summed E-state index contributed by atoms with van der Waals surface area (Å²) in [4.78, 5) is 26.9. The van der Waals surface area contributed by atoms with Crippen LogP contribution >= 0.6 is 0 Å². The van der Waals surface area contributed by atoms with Gasteiger partial charge in [0.15, 0.2) is 0 Å². The van der Waals surface area contributed by atoms with Gasteiger partial charge in [-0.05, 0) is 48.7 Å². The van der Waals surface area contributed by atoms with Gasteiger partial charge in [0.1, 0.15) is 18.2 Å². The fourth-order valence-electron chi connectivity index (χ4n) is 3.44. The average Bonchev–Trinajstić information content (AvgIpc) is 2.73. The first-order chi connectivity index (χ1) is 14.2. The predicted molar refractivity (Wildman–Crippen MR) is 114 cm³/mol. The summed E-state index contributed by atoms with van der Waals surface area (Å²) >= 11 is 0. The van der Waals surface area contributed by atoms with Gasteiger partial charge in [-0.15, -0.1) is 0 Å². The number of hydrogen-bond acceptors (Lipinski definition) is 3. The SMILES string of the molecule is CC(C)(C)C(=O)N1CCC(NC(=O)c2cccc(OCc3ccc(F)cc3)c2)CC1. The molecule has 0 aromatic heterocycles. The number of nitrogens with zero attached hydrogens (tertiary/aromatic N) is 1. The summed E-state index contributed by atoms with van der Waals surface area (Å²) in [6.45, 7) is 7.38. The predicted octanol–water partition coefficient (Wildman–Crippen LogP) is 4.17. The normalized spacial score (nSPS) is 15.0. The molecule has 3 rings (SSSR count). The summed E-state index contributed by atoms with van der Waals surface area (Å²) in [5, 5.41) is 3.07. The Bertz CT molecular complexity index is 882. The van der Waals surface area contributed by atoms with Crippen molar-refractivity contribution in [2.45, 2.75) is 46.3 Å². The minimum atomic E-state index is -0.384. The molecule has 160 valence electrons. The number of benzene rings is 2. The monoisotopic (exact) mass is 412 g/mol. The lowest BCUT2D eigenvalue weighted by Gasteiger charge is -2.36. The number of carbonyl (C=O) groups excluding carboxylic acids is 2. The zero-order valence-electron chi connectivity index (χ0n) is 17.8. The number of halogens is 1. The molecule has 1 heterocycles. The molecule has 1 fully saturated rings. The van der Waals surface area contributed by atoms with Crippen molar-refractivity contribution in [3.05, 3.63) is 65.5 Å². The lowest BCUT2D eigenvalue weighted by Crippen LogP contribution is -2.49. The molecule has 0 atom stereocenters. The first-order valence-electron chi connectivity index (χ1n) is 10.3. The first kappa shape index (κ1) is 21.8. The molecule has 5 nitrogen and oxygen atoms in total. The van der Waals surface area contributed by atoms with Crippen LogP contribution < -0.4 is 10.1 Å². The number of nitrogens with one attached hydrogen (secondary N) is 1. The molecule has 0 saturated carbocycles. The smallest absolute Gasteiger partial charge is 0.251 e. The van der Waals surface area contributed by atoms with Gasteiger partial charge < -0.3 is 15.0 Å². The molecule has 6 heteroatoms. The van der Waals surface area contributed by atoms with Crippen LogP contribution in [0.5, 0.6) is 5.75 Å². The van der Waals surface area contributed by atoms with Crippen LogP contribution in [0.4, 0.5) is 4.39 Å². The van der Waals surface area contributed by atoms with Crippen LogP contribution in [0.1, 0.15) is 49.5 Å². The van der Waals surface area contributed by atoms with Crippen molar-refractivity contribution in [2.75, 3.05) is 13.1 Å². The van der Waals surface area contributed by atoms with E-state index < -0.39 is 0 Å². The molecule has 1 saturated heterocycles. The van der Waals surface area contributed by atoms with Crippen molar-refractivity contribution in [2.24, 2.45) is 5.41 Å². The Morgan fingerprint density at radius 2 is 1.77 bits per heavy atom. The Labute approximate surface area is 177 Å². The van der Waals surface area contributed by atoms with Crippen molar-refractivity contribution in [1.29, 1.82) is 0 Å². The Hall–Kier alpha value is -2.89. The Morgan fingerprint density at radius 3 is 2.40 bits per heavy atom. The summed E-state index contributed by atoms with van der Waals surface area (Å²) in [5.41, 5.74) is 0.993. The molecule has 30 heavy (non-hydrogen) atoms. The Morgan fingerprint density at radius 1 is 1.10 bits per heavy atom. The van der Waals surface area contributed by atoms with Crippen LogP contribution in [0.2, 0.25) is 0 Å². The summed E-state index contributed by atoms with van der Waals surface area (Å²) in [5.74, 6) is 0.296. The third kappa shape index (κ3) is 5.81. The molecule has 2 aromatic rings. The molecule has 0 bridgehead atoms. The van der Waals surface area contributed by atoms with E-state index in [0.29, 0.717) is 31.0 Å².